The Morgan fingerprint density at radius 1 is 1.09 bits per heavy atom. The molecule has 0 bridgehead atoms. The lowest BCUT2D eigenvalue weighted by atomic mass is 10.0. The molecule has 118 valence electrons. The van der Waals surface area contributed by atoms with E-state index in [4.69, 9.17) is 5.73 Å². The second-order valence-electron chi connectivity index (χ2n) is 6.13. The van der Waals surface area contributed by atoms with Crippen LogP contribution in [0.2, 0.25) is 0 Å². The van der Waals surface area contributed by atoms with Crippen molar-refractivity contribution < 1.29 is 0 Å². The van der Waals surface area contributed by atoms with Crippen molar-refractivity contribution in [3.63, 3.8) is 0 Å². The molecule has 1 heterocycles. The maximum absolute atomic E-state index is 12.3. The van der Waals surface area contributed by atoms with Crippen molar-refractivity contribution in [2.75, 3.05) is 5.73 Å². The third-order valence-electron chi connectivity index (χ3n) is 4.48. The molecule has 1 fully saturated rings. The topological polar surface area (TPSA) is 78.7 Å². The summed E-state index contributed by atoms with van der Waals surface area (Å²) in [5, 5.41) is 7.92. The first-order valence-corrected chi connectivity index (χ1v) is 8.13. The summed E-state index contributed by atoms with van der Waals surface area (Å²) in [5.74, 6) is 0.905. The number of benzene rings is 1. The molecular formula is C16H23N5O. The van der Waals surface area contributed by atoms with E-state index in [0.29, 0.717) is 17.9 Å². The van der Waals surface area contributed by atoms with Gasteiger partial charge in [-0.3, -0.25) is 0 Å². The molecule has 22 heavy (non-hydrogen) atoms. The Morgan fingerprint density at radius 2 is 1.82 bits per heavy atom. The van der Waals surface area contributed by atoms with Gasteiger partial charge in [0.25, 0.3) is 0 Å². The molecule has 0 aliphatic heterocycles. The quantitative estimate of drug-likeness (QED) is 0.656. The SMILES string of the molecule is Nc1ccc(-n2nnn(CCCCC3CCCC3)c2=O)cc1. The van der Waals surface area contributed by atoms with Gasteiger partial charge in [-0.05, 0) is 47.0 Å². The Labute approximate surface area is 129 Å². The average molecular weight is 301 g/mol. The number of anilines is 1. The van der Waals surface area contributed by atoms with Crippen molar-refractivity contribution >= 4 is 5.69 Å². The number of aryl methyl sites for hydroxylation is 1. The Kier molecular flexibility index (Phi) is 4.56. The zero-order chi connectivity index (χ0) is 15.4. The molecule has 3 rings (SSSR count). The van der Waals surface area contributed by atoms with Gasteiger partial charge in [-0.1, -0.05) is 38.5 Å². The molecule has 0 unspecified atom stereocenters. The van der Waals surface area contributed by atoms with Crippen LogP contribution in [0.15, 0.2) is 29.1 Å². The molecule has 1 aromatic heterocycles. The molecule has 6 heteroatoms. The van der Waals surface area contributed by atoms with Crippen LogP contribution in [-0.2, 0) is 6.54 Å². The minimum Gasteiger partial charge on any atom is -0.399 e. The summed E-state index contributed by atoms with van der Waals surface area (Å²) in [6.07, 6.45) is 8.96. The van der Waals surface area contributed by atoms with Crippen LogP contribution in [0.5, 0.6) is 0 Å². The fourth-order valence-electron chi connectivity index (χ4n) is 3.19. The van der Waals surface area contributed by atoms with Crippen molar-refractivity contribution in [3.05, 3.63) is 34.7 Å². The third-order valence-corrected chi connectivity index (χ3v) is 4.48. The fraction of sp³-hybridized carbons (Fsp3) is 0.562. The first-order chi connectivity index (χ1) is 10.7. The van der Waals surface area contributed by atoms with Crippen LogP contribution in [0.3, 0.4) is 0 Å². The monoisotopic (exact) mass is 301 g/mol. The van der Waals surface area contributed by atoms with Crippen molar-refractivity contribution in [2.24, 2.45) is 5.92 Å². The second-order valence-corrected chi connectivity index (χ2v) is 6.13. The molecule has 0 amide bonds. The van der Waals surface area contributed by atoms with E-state index in [1.807, 2.05) is 0 Å². The van der Waals surface area contributed by atoms with E-state index in [1.165, 1.54) is 41.5 Å². The number of hydrogen-bond donors (Lipinski definition) is 1. The van der Waals surface area contributed by atoms with Crippen LogP contribution in [0.25, 0.3) is 5.69 Å². The number of hydrogen-bond acceptors (Lipinski definition) is 4. The molecule has 0 atom stereocenters. The summed E-state index contributed by atoms with van der Waals surface area (Å²) in [7, 11) is 0. The Morgan fingerprint density at radius 3 is 2.55 bits per heavy atom. The highest BCUT2D eigenvalue weighted by atomic mass is 16.2. The van der Waals surface area contributed by atoms with Crippen molar-refractivity contribution in [1.82, 2.24) is 19.8 Å². The van der Waals surface area contributed by atoms with Gasteiger partial charge in [-0.15, -0.1) is 0 Å². The van der Waals surface area contributed by atoms with E-state index in [1.54, 1.807) is 24.3 Å². The summed E-state index contributed by atoms with van der Waals surface area (Å²) >= 11 is 0. The lowest BCUT2D eigenvalue weighted by molar-refractivity contribution is 0.444. The molecule has 0 spiro atoms. The minimum atomic E-state index is -0.189. The van der Waals surface area contributed by atoms with E-state index in [-0.39, 0.29) is 5.69 Å². The van der Waals surface area contributed by atoms with Crippen LogP contribution in [0, 0.1) is 5.92 Å². The fourth-order valence-corrected chi connectivity index (χ4v) is 3.19. The Hall–Kier alpha value is -2.11. The van der Waals surface area contributed by atoms with Crippen molar-refractivity contribution in [1.29, 1.82) is 0 Å². The summed E-state index contributed by atoms with van der Waals surface area (Å²) in [5.41, 5.74) is 6.82. The highest BCUT2D eigenvalue weighted by Crippen LogP contribution is 2.28. The van der Waals surface area contributed by atoms with Gasteiger partial charge in [0.15, 0.2) is 0 Å². The highest BCUT2D eigenvalue weighted by molar-refractivity contribution is 5.44. The number of nitrogens with zero attached hydrogens (tertiary/aromatic N) is 4. The Balaban J connectivity index is 1.56. The van der Waals surface area contributed by atoms with Gasteiger partial charge in [0.05, 0.1) is 5.69 Å². The van der Waals surface area contributed by atoms with Crippen LogP contribution in [0.1, 0.15) is 44.9 Å². The van der Waals surface area contributed by atoms with E-state index < -0.39 is 0 Å². The number of nitrogens with two attached hydrogens (primary N) is 1. The van der Waals surface area contributed by atoms with Crippen LogP contribution < -0.4 is 11.4 Å². The molecule has 1 aromatic carbocycles. The van der Waals surface area contributed by atoms with Crippen LogP contribution in [-0.4, -0.2) is 19.8 Å². The number of unbranched alkanes of at least 4 members (excludes halogenated alkanes) is 1. The van der Waals surface area contributed by atoms with E-state index in [9.17, 15) is 4.79 Å². The summed E-state index contributed by atoms with van der Waals surface area (Å²) in [6, 6.07) is 7.05. The standard InChI is InChI=1S/C16H23N5O/c17-14-8-10-15(11-9-14)21-16(22)20(18-19-21)12-4-3-7-13-5-1-2-6-13/h8-11,13H,1-7,12,17H2. The van der Waals surface area contributed by atoms with E-state index in [2.05, 4.69) is 10.4 Å². The van der Waals surface area contributed by atoms with Crippen molar-refractivity contribution in [2.45, 2.75) is 51.5 Å². The number of aromatic nitrogens is 4. The van der Waals surface area contributed by atoms with Gasteiger partial charge in [0, 0.05) is 12.2 Å². The first kappa shape index (κ1) is 14.8. The van der Waals surface area contributed by atoms with E-state index >= 15 is 0 Å². The largest absolute Gasteiger partial charge is 0.399 e. The predicted molar refractivity (Wildman–Crippen MR) is 85.8 cm³/mol. The molecule has 1 aliphatic carbocycles. The predicted octanol–water partition coefficient (Wildman–Crippen LogP) is 2.37. The van der Waals surface area contributed by atoms with Crippen molar-refractivity contribution in [3.8, 4) is 5.69 Å². The molecule has 1 saturated carbocycles. The number of rotatable bonds is 6. The molecule has 2 aromatic rings. The zero-order valence-electron chi connectivity index (χ0n) is 12.8. The van der Waals surface area contributed by atoms with Gasteiger partial charge in [0.1, 0.15) is 0 Å². The minimum absolute atomic E-state index is 0.189. The maximum Gasteiger partial charge on any atom is 0.368 e. The summed E-state index contributed by atoms with van der Waals surface area (Å²) in [6.45, 7) is 0.639. The molecule has 1 aliphatic rings. The van der Waals surface area contributed by atoms with Crippen LogP contribution in [0.4, 0.5) is 5.69 Å². The highest BCUT2D eigenvalue weighted by Gasteiger charge is 2.14. The normalized spacial score (nSPS) is 15.5. The second kappa shape index (κ2) is 6.77. The molecule has 2 N–H and O–H groups in total. The van der Waals surface area contributed by atoms with Gasteiger partial charge < -0.3 is 5.73 Å². The maximum atomic E-state index is 12.3. The first-order valence-electron chi connectivity index (χ1n) is 8.13. The lowest BCUT2D eigenvalue weighted by Crippen LogP contribution is -2.24. The zero-order valence-corrected chi connectivity index (χ0v) is 12.8. The Bertz CT molecular complexity index is 652. The average Bonchev–Trinajstić information content (AvgIpc) is 3.15. The molecular weight excluding hydrogens is 278 g/mol. The molecule has 6 nitrogen and oxygen atoms in total. The van der Waals surface area contributed by atoms with Gasteiger partial charge >= 0.3 is 5.69 Å². The van der Waals surface area contributed by atoms with E-state index in [0.717, 1.165) is 18.8 Å². The summed E-state index contributed by atoms with van der Waals surface area (Å²) in [4.78, 5) is 12.3. The van der Waals surface area contributed by atoms with Gasteiger partial charge in [0.2, 0.25) is 0 Å². The lowest BCUT2D eigenvalue weighted by Gasteiger charge is -2.07. The van der Waals surface area contributed by atoms with Gasteiger partial charge in [-0.25, -0.2) is 4.79 Å². The smallest absolute Gasteiger partial charge is 0.368 e. The van der Waals surface area contributed by atoms with Crippen LogP contribution >= 0.6 is 0 Å². The summed E-state index contributed by atoms with van der Waals surface area (Å²) < 4.78 is 2.77. The number of tetrazole rings is 1. The number of nitrogen functional groups attached to an aromatic ring is 1. The third kappa shape index (κ3) is 3.37. The molecule has 0 radical (unpaired) electrons. The van der Waals surface area contributed by atoms with Gasteiger partial charge in [-0.2, -0.15) is 9.36 Å². The molecule has 0 saturated heterocycles.